The molecule has 2 rings (SSSR count). The summed E-state index contributed by atoms with van der Waals surface area (Å²) < 4.78 is 0. The van der Waals surface area contributed by atoms with Gasteiger partial charge in [-0.3, -0.25) is 4.79 Å². The topological polar surface area (TPSA) is 29.1 Å². The van der Waals surface area contributed by atoms with Gasteiger partial charge >= 0.3 is 0 Å². The van der Waals surface area contributed by atoms with Crippen molar-refractivity contribution in [2.45, 2.75) is 25.7 Å². The van der Waals surface area contributed by atoms with Gasteiger partial charge in [-0.25, -0.2) is 0 Å². The number of hydrogen-bond donors (Lipinski definition) is 1. The zero-order valence-electron chi connectivity index (χ0n) is 10.1. The molecule has 0 unspecified atom stereocenters. The minimum atomic E-state index is -0.276. The summed E-state index contributed by atoms with van der Waals surface area (Å²) in [7, 11) is 0. The highest BCUT2D eigenvalue weighted by Gasteiger charge is 2.38. The third-order valence-electron chi connectivity index (χ3n) is 3.52. The van der Waals surface area contributed by atoms with Gasteiger partial charge in [0.25, 0.3) is 0 Å². The third-order valence-corrected chi connectivity index (χ3v) is 3.52. The lowest BCUT2D eigenvalue weighted by Gasteiger charge is -2.35. The van der Waals surface area contributed by atoms with Crippen LogP contribution in [0, 0.1) is 5.41 Å². The number of allylic oxidation sites excluding steroid dienone is 1. The van der Waals surface area contributed by atoms with Crippen LogP contribution in [0.4, 0.5) is 0 Å². The molecule has 0 aromatic heterocycles. The largest absolute Gasteiger partial charge is 0.356 e. The van der Waals surface area contributed by atoms with Crippen LogP contribution in [0.25, 0.3) is 0 Å². The fourth-order valence-electron chi connectivity index (χ4n) is 2.63. The van der Waals surface area contributed by atoms with Crippen LogP contribution < -0.4 is 5.32 Å². The molecule has 90 valence electrons. The fraction of sp³-hybridized carbons (Fsp3) is 0.400. The SMILES string of the molecule is C=CC[C@]1(Cc2ccccc2)CCCNC1=O. The van der Waals surface area contributed by atoms with Crippen molar-refractivity contribution in [1.82, 2.24) is 5.32 Å². The van der Waals surface area contributed by atoms with E-state index in [4.69, 9.17) is 0 Å². The van der Waals surface area contributed by atoms with Crippen LogP contribution in [-0.4, -0.2) is 12.5 Å². The molecule has 1 N–H and O–H groups in total. The van der Waals surface area contributed by atoms with Gasteiger partial charge in [-0.05, 0) is 31.2 Å². The van der Waals surface area contributed by atoms with Crippen LogP contribution in [0.3, 0.4) is 0 Å². The number of hydrogen-bond acceptors (Lipinski definition) is 1. The Morgan fingerprint density at radius 2 is 2.12 bits per heavy atom. The van der Waals surface area contributed by atoms with Crippen molar-refractivity contribution in [3.8, 4) is 0 Å². The molecular formula is C15H19NO. The van der Waals surface area contributed by atoms with Gasteiger partial charge in [0.2, 0.25) is 5.91 Å². The molecule has 2 nitrogen and oxygen atoms in total. The van der Waals surface area contributed by atoms with Crippen LogP contribution in [0.2, 0.25) is 0 Å². The van der Waals surface area contributed by atoms with Crippen molar-refractivity contribution in [1.29, 1.82) is 0 Å². The highest BCUT2D eigenvalue weighted by molar-refractivity contribution is 5.83. The van der Waals surface area contributed by atoms with Crippen molar-refractivity contribution >= 4 is 5.91 Å². The van der Waals surface area contributed by atoms with E-state index in [1.54, 1.807) is 0 Å². The Balaban J connectivity index is 2.22. The quantitative estimate of drug-likeness (QED) is 0.790. The molecule has 1 fully saturated rings. The van der Waals surface area contributed by atoms with E-state index in [9.17, 15) is 4.79 Å². The van der Waals surface area contributed by atoms with E-state index in [1.807, 2.05) is 24.3 Å². The summed E-state index contributed by atoms with van der Waals surface area (Å²) in [6.07, 6.45) is 5.46. The first kappa shape index (κ1) is 11.9. The monoisotopic (exact) mass is 229 g/mol. The second kappa shape index (κ2) is 5.17. The molecule has 0 saturated carbocycles. The lowest BCUT2D eigenvalue weighted by Crippen LogP contribution is -2.47. The highest BCUT2D eigenvalue weighted by atomic mass is 16.2. The number of nitrogens with one attached hydrogen (secondary N) is 1. The molecule has 1 atom stereocenters. The number of piperidine rings is 1. The van der Waals surface area contributed by atoms with Crippen molar-refractivity contribution in [2.24, 2.45) is 5.41 Å². The number of benzene rings is 1. The summed E-state index contributed by atoms with van der Waals surface area (Å²) in [6, 6.07) is 10.2. The molecule has 0 aliphatic carbocycles. The lowest BCUT2D eigenvalue weighted by atomic mass is 9.72. The second-order valence-electron chi connectivity index (χ2n) is 4.79. The first-order valence-corrected chi connectivity index (χ1v) is 6.20. The van der Waals surface area contributed by atoms with Crippen LogP contribution in [0.15, 0.2) is 43.0 Å². The molecular weight excluding hydrogens is 210 g/mol. The zero-order valence-corrected chi connectivity index (χ0v) is 10.1. The van der Waals surface area contributed by atoms with Gasteiger partial charge in [-0.1, -0.05) is 36.4 Å². The van der Waals surface area contributed by atoms with Crippen molar-refractivity contribution in [2.75, 3.05) is 6.54 Å². The van der Waals surface area contributed by atoms with Crippen molar-refractivity contribution in [3.63, 3.8) is 0 Å². The first-order valence-electron chi connectivity index (χ1n) is 6.20. The Morgan fingerprint density at radius 3 is 2.76 bits per heavy atom. The van der Waals surface area contributed by atoms with E-state index < -0.39 is 0 Å². The van der Waals surface area contributed by atoms with E-state index in [2.05, 4.69) is 24.0 Å². The molecule has 1 heterocycles. The number of amides is 1. The molecule has 0 bridgehead atoms. The Bertz CT molecular complexity index is 399. The fourth-order valence-corrected chi connectivity index (χ4v) is 2.63. The van der Waals surface area contributed by atoms with Gasteiger partial charge in [0.1, 0.15) is 0 Å². The van der Waals surface area contributed by atoms with Gasteiger partial charge in [-0.2, -0.15) is 0 Å². The molecule has 0 spiro atoms. The summed E-state index contributed by atoms with van der Waals surface area (Å²) in [5.74, 6) is 0.188. The Labute approximate surface area is 103 Å². The predicted octanol–water partition coefficient (Wildman–Crippen LogP) is 2.70. The second-order valence-corrected chi connectivity index (χ2v) is 4.79. The van der Waals surface area contributed by atoms with E-state index in [1.165, 1.54) is 5.56 Å². The molecule has 1 aromatic carbocycles. The Morgan fingerprint density at radius 1 is 1.35 bits per heavy atom. The maximum absolute atomic E-state index is 12.2. The van der Waals surface area contributed by atoms with Crippen LogP contribution >= 0.6 is 0 Å². The maximum atomic E-state index is 12.2. The van der Waals surface area contributed by atoms with Gasteiger partial charge in [0, 0.05) is 6.54 Å². The summed E-state index contributed by atoms with van der Waals surface area (Å²) in [5.41, 5.74) is 0.952. The standard InChI is InChI=1S/C15H19NO/c1-2-9-15(10-6-11-16-14(15)17)12-13-7-4-3-5-8-13/h2-5,7-8H,1,6,9-12H2,(H,16,17)/t15-/m1/s1. The Kier molecular flexibility index (Phi) is 3.62. The molecule has 1 amide bonds. The van der Waals surface area contributed by atoms with Gasteiger partial charge < -0.3 is 5.32 Å². The van der Waals surface area contributed by atoms with Crippen molar-refractivity contribution < 1.29 is 4.79 Å². The van der Waals surface area contributed by atoms with E-state index >= 15 is 0 Å². The molecule has 1 aliphatic rings. The summed E-state index contributed by atoms with van der Waals surface area (Å²) >= 11 is 0. The van der Waals surface area contributed by atoms with E-state index in [0.717, 1.165) is 32.2 Å². The molecule has 1 saturated heterocycles. The summed E-state index contributed by atoms with van der Waals surface area (Å²) in [5, 5.41) is 2.99. The first-order chi connectivity index (χ1) is 8.27. The van der Waals surface area contributed by atoms with Gasteiger partial charge in [-0.15, -0.1) is 6.58 Å². The average molecular weight is 229 g/mol. The van der Waals surface area contributed by atoms with Crippen LogP contribution in [0.5, 0.6) is 0 Å². The minimum absolute atomic E-state index is 0.188. The number of carbonyl (C=O) groups excluding carboxylic acids is 1. The number of rotatable bonds is 4. The highest BCUT2D eigenvalue weighted by Crippen LogP contribution is 2.35. The minimum Gasteiger partial charge on any atom is -0.356 e. The molecule has 17 heavy (non-hydrogen) atoms. The number of carbonyl (C=O) groups is 1. The lowest BCUT2D eigenvalue weighted by molar-refractivity contribution is -0.133. The molecule has 1 aromatic rings. The van der Waals surface area contributed by atoms with Crippen LogP contribution in [0.1, 0.15) is 24.8 Å². The maximum Gasteiger partial charge on any atom is 0.226 e. The van der Waals surface area contributed by atoms with Crippen LogP contribution in [-0.2, 0) is 11.2 Å². The average Bonchev–Trinajstić information content (AvgIpc) is 2.35. The van der Waals surface area contributed by atoms with Crippen molar-refractivity contribution in [3.05, 3.63) is 48.6 Å². The van der Waals surface area contributed by atoms with Gasteiger partial charge in [0.05, 0.1) is 5.41 Å². The molecule has 0 radical (unpaired) electrons. The smallest absolute Gasteiger partial charge is 0.226 e. The normalized spacial score (nSPS) is 24.1. The third kappa shape index (κ3) is 2.57. The zero-order chi connectivity index (χ0) is 12.1. The van der Waals surface area contributed by atoms with Gasteiger partial charge in [0.15, 0.2) is 0 Å². The molecule has 2 heteroatoms. The van der Waals surface area contributed by atoms with E-state index in [0.29, 0.717) is 0 Å². The summed E-state index contributed by atoms with van der Waals surface area (Å²) in [4.78, 5) is 12.2. The Hall–Kier alpha value is -1.57. The predicted molar refractivity (Wildman–Crippen MR) is 69.6 cm³/mol. The summed E-state index contributed by atoms with van der Waals surface area (Å²) in [6.45, 7) is 4.61. The molecule has 1 aliphatic heterocycles. The van der Waals surface area contributed by atoms with E-state index in [-0.39, 0.29) is 11.3 Å².